The third-order valence-corrected chi connectivity index (χ3v) is 4.46. The molecule has 0 spiro atoms. The second kappa shape index (κ2) is 5.91. The number of likely N-dealkylation sites (tertiary alicyclic amines) is 1. The molecule has 3 aromatic rings. The van der Waals surface area contributed by atoms with E-state index >= 15 is 0 Å². The molecular formula is C18H16F2N4O. The van der Waals surface area contributed by atoms with Crippen LogP contribution in [0.5, 0.6) is 0 Å². The second-order valence-electron chi connectivity index (χ2n) is 6.18. The number of aromatic nitrogens is 3. The molecule has 0 aliphatic carbocycles. The van der Waals surface area contributed by atoms with Crippen molar-refractivity contribution < 1.29 is 13.6 Å². The van der Waals surface area contributed by atoms with Gasteiger partial charge in [0.25, 0.3) is 11.8 Å². The Hall–Kier alpha value is -2.83. The van der Waals surface area contributed by atoms with Crippen molar-refractivity contribution in [3.63, 3.8) is 0 Å². The summed E-state index contributed by atoms with van der Waals surface area (Å²) in [7, 11) is 0. The maximum Gasteiger partial charge on any atom is 0.253 e. The third kappa shape index (κ3) is 2.97. The normalized spacial score (nSPS) is 17.0. The number of hydrogen-bond acceptors (Lipinski definition) is 3. The lowest BCUT2D eigenvalue weighted by molar-refractivity contribution is -0.0494. The van der Waals surface area contributed by atoms with Gasteiger partial charge in [0, 0.05) is 43.3 Å². The van der Waals surface area contributed by atoms with Crippen molar-refractivity contribution >= 4 is 11.6 Å². The zero-order chi connectivity index (χ0) is 17.4. The van der Waals surface area contributed by atoms with E-state index in [0.29, 0.717) is 17.0 Å². The van der Waals surface area contributed by atoms with Crippen LogP contribution in [0.15, 0.2) is 48.7 Å². The molecule has 5 nitrogen and oxygen atoms in total. The minimum Gasteiger partial charge on any atom is -0.338 e. The number of pyridine rings is 1. The molecule has 1 aliphatic rings. The first kappa shape index (κ1) is 15.7. The molecule has 2 aromatic heterocycles. The maximum atomic E-state index is 13.3. The van der Waals surface area contributed by atoms with Crippen LogP contribution in [0.25, 0.3) is 17.0 Å². The van der Waals surface area contributed by atoms with Gasteiger partial charge in [-0.15, -0.1) is 10.2 Å². The zero-order valence-electron chi connectivity index (χ0n) is 13.4. The zero-order valence-corrected chi connectivity index (χ0v) is 13.4. The minimum absolute atomic E-state index is 0.0733. The monoisotopic (exact) mass is 342 g/mol. The molecule has 0 N–H and O–H groups in total. The quantitative estimate of drug-likeness (QED) is 0.718. The number of hydrogen-bond donors (Lipinski definition) is 0. The fraction of sp³-hybridized carbons (Fsp3) is 0.278. The summed E-state index contributed by atoms with van der Waals surface area (Å²) < 4.78 is 28.4. The standard InChI is InChI=1S/C18H16F2N4O/c19-18(20)7-10-23(11-8-18)17(25)14-5-3-4-13(12-14)16-22-21-15-6-1-2-9-24(15)16/h1-6,9,12H,7-8,10-11H2. The van der Waals surface area contributed by atoms with E-state index in [4.69, 9.17) is 0 Å². The summed E-state index contributed by atoms with van der Waals surface area (Å²) in [5.74, 6) is -2.26. The number of nitrogens with zero attached hydrogens (tertiary/aromatic N) is 4. The van der Waals surface area contributed by atoms with Crippen molar-refractivity contribution in [3.8, 4) is 11.4 Å². The van der Waals surface area contributed by atoms with Gasteiger partial charge in [-0.1, -0.05) is 18.2 Å². The van der Waals surface area contributed by atoms with Gasteiger partial charge in [0.15, 0.2) is 11.5 Å². The highest BCUT2D eigenvalue weighted by Crippen LogP contribution is 2.29. The van der Waals surface area contributed by atoms with Crippen LogP contribution in [0, 0.1) is 0 Å². The largest absolute Gasteiger partial charge is 0.338 e. The summed E-state index contributed by atoms with van der Waals surface area (Å²) in [5, 5.41) is 8.30. The van der Waals surface area contributed by atoms with Crippen LogP contribution in [0.2, 0.25) is 0 Å². The Kier molecular flexibility index (Phi) is 3.71. The number of piperidine rings is 1. The summed E-state index contributed by atoms with van der Waals surface area (Å²) in [5.41, 5.74) is 1.94. The van der Waals surface area contributed by atoms with E-state index in [1.807, 2.05) is 34.9 Å². The Morgan fingerprint density at radius 1 is 1.04 bits per heavy atom. The Morgan fingerprint density at radius 3 is 2.64 bits per heavy atom. The van der Waals surface area contributed by atoms with Gasteiger partial charge in [0.1, 0.15) is 0 Å². The van der Waals surface area contributed by atoms with Gasteiger partial charge in [0.05, 0.1) is 0 Å². The smallest absolute Gasteiger partial charge is 0.253 e. The molecule has 0 unspecified atom stereocenters. The number of amides is 1. The number of carbonyl (C=O) groups is 1. The van der Waals surface area contributed by atoms with Crippen LogP contribution in [0.1, 0.15) is 23.2 Å². The summed E-state index contributed by atoms with van der Waals surface area (Å²) in [4.78, 5) is 14.1. The molecule has 1 aromatic carbocycles. The van der Waals surface area contributed by atoms with E-state index < -0.39 is 5.92 Å². The molecule has 1 aliphatic heterocycles. The first-order valence-electron chi connectivity index (χ1n) is 8.11. The van der Waals surface area contributed by atoms with Gasteiger partial charge in [-0.3, -0.25) is 9.20 Å². The van der Waals surface area contributed by atoms with E-state index in [2.05, 4.69) is 10.2 Å². The SMILES string of the molecule is O=C(c1cccc(-c2nnc3ccccn23)c1)N1CCC(F)(F)CC1. The van der Waals surface area contributed by atoms with Gasteiger partial charge >= 0.3 is 0 Å². The highest BCUT2D eigenvalue weighted by molar-refractivity contribution is 5.95. The van der Waals surface area contributed by atoms with E-state index in [-0.39, 0.29) is 31.8 Å². The van der Waals surface area contributed by atoms with Crippen LogP contribution < -0.4 is 0 Å². The fourth-order valence-electron chi connectivity index (χ4n) is 3.05. The third-order valence-electron chi connectivity index (χ3n) is 4.46. The highest BCUT2D eigenvalue weighted by atomic mass is 19.3. The second-order valence-corrected chi connectivity index (χ2v) is 6.18. The first-order valence-corrected chi connectivity index (χ1v) is 8.11. The van der Waals surface area contributed by atoms with Crippen molar-refractivity contribution in [2.24, 2.45) is 0 Å². The average molecular weight is 342 g/mol. The van der Waals surface area contributed by atoms with Gasteiger partial charge in [-0.25, -0.2) is 8.78 Å². The molecular weight excluding hydrogens is 326 g/mol. The Morgan fingerprint density at radius 2 is 1.84 bits per heavy atom. The predicted octanol–water partition coefficient (Wildman–Crippen LogP) is 3.27. The van der Waals surface area contributed by atoms with Gasteiger partial charge < -0.3 is 4.90 Å². The number of halogens is 2. The van der Waals surface area contributed by atoms with Gasteiger partial charge in [-0.05, 0) is 24.3 Å². The van der Waals surface area contributed by atoms with Gasteiger partial charge in [0.2, 0.25) is 0 Å². The summed E-state index contributed by atoms with van der Waals surface area (Å²) in [6.45, 7) is 0.147. The maximum absolute atomic E-state index is 13.3. The predicted molar refractivity (Wildman–Crippen MR) is 88.5 cm³/mol. The number of benzene rings is 1. The molecule has 0 bridgehead atoms. The summed E-state index contributed by atoms with van der Waals surface area (Å²) in [6, 6.07) is 12.7. The van der Waals surface area contributed by atoms with Crippen molar-refractivity contribution in [1.29, 1.82) is 0 Å². The van der Waals surface area contributed by atoms with Crippen LogP contribution in [0.3, 0.4) is 0 Å². The molecule has 128 valence electrons. The summed E-state index contributed by atoms with van der Waals surface area (Å²) in [6.07, 6.45) is 1.28. The first-order chi connectivity index (χ1) is 12.0. The van der Waals surface area contributed by atoms with Crippen LogP contribution in [0.4, 0.5) is 8.78 Å². The molecule has 3 heterocycles. The minimum atomic E-state index is -2.67. The van der Waals surface area contributed by atoms with Crippen LogP contribution >= 0.6 is 0 Å². The van der Waals surface area contributed by atoms with Crippen molar-refractivity contribution in [2.45, 2.75) is 18.8 Å². The number of fused-ring (bicyclic) bond motifs is 1. The lowest BCUT2D eigenvalue weighted by Crippen LogP contribution is -2.42. The molecule has 25 heavy (non-hydrogen) atoms. The van der Waals surface area contributed by atoms with E-state index in [0.717, 1.165) is 5.56 Å². The van der Waals surface area contributed by atoms with Gasteiger partial charge in [-0.2, -0.15) is 0 Å². The molecule has 1 amide bonds. The topological polar surface area (TPSA) is 50.5 Å². The summed E-state index contributed by atoms with van der Waals surface area (Å²) >= 11 is 0. The number of alkyl halides is 2. The van der Waals surface area contributed by atoms with Crippen LogP contribution in [-0.4, -0.2) is 44.4 Å². The molecule has 7 heteroatoms. The Bertz CT molecular complexity index is 927. The molecule has 1 fully saturated rings. The average Bonchev–Trinajstić information content (AvgIpc) is 3.05. The number of rotatable bonds is 2. The molecule has 0 saturated carbocycles. The van der Waals surface area contributed by atoms with Crippen molar-refractivity contribution in [2.75, 3.05) is 13.1 Å². The molecule has 4 rings (SSSR count). The molecule has 0 atom stereocenters. The van der Waals surface area contributed by atoms with Crippen LogP contribution in [-0.2, 0) is 0 Å². The highest BCUT2D eigenvalue weighted by Gasteiger charge is 2.35. The fourth-order valence-corrected chi connectivity index (χ4v) is 3.05. The number of carbonyl (C=O) groups excluding carboxylic acids is 1. The Balaban J connectivity index is 1.63. The Labute approximate surface area is 142 Å². The van der Waals surface area contributed by atoms with E-state index in [1.165, 1.54) is 4.90 Å². The van der Waals surface area contributed by atoms with Crippen molar-refractivity contribution in [3.05, 3.63) is 54.2 Å². The van der Waals surface area contributed by atoms with Crippen molar-refractivity contribution in [1.82, 2.24) is 19.5 Å². The lowest BCUT2D eigenvalue weighted by Gasteiger charge is -2.31. The lowest BCUT2D eigenvalue weighted by atomic mass is 10.0. The van der Waals surface area contributed by atoms with E-state index in [1.54, 1.807) is 18.2 Å². The molecule has 0 radical (unpaired) electrons. The molecule has 1 saturated heterocycles. The van der Waals surface area contributed by atoms with E-state index in [9.17, 15) is 13.6 Å².